The van der Waals surface area contributed by atoms with E-state index in [1.807, 2.05) is 6.92 Å². The van der Waals surface area contributed by atoms with Crippen LogP contribution in [0.25, 0.3) is 0 Å². The predicted molar refractivity (Wildman–Crippen MR) is 131 cm³/mol. The van der Waals surface area contributed by atoms with Crippen LogP contribution < -0.4 is 0 Å². The number of ketones is 1. The van der Waals surface area contributed by atoms with Crippen molar-refractivity contribution in [2.24, 2.45) is 46.3 Å². The van der Waals surface area contributed by atoms with E-state index in [2.05, 4.69) is 40.7 Å². The highest BCUT2D eigenvalue weighted by molar-refractivity contribution is 5.79. The molecule has 3 aliphatic carbocycles. The summed E-state index contributed by atoms with van der Waals surface area (Å²) in [5, 5.41) is 9.22. The van der Waals surface area contributed by atoms with Gasteiger partial charge in [-0.25, -0.2) is 0 Å². The SMILES string of the molecule is CCCC(C(C)CCCC(C)C(=O)O)C1(C)CCC2C(=CCC3CC(=O)CCC32C)C1C. The van der Waals surface area contributed by atoms with Crippen LogP contribution in [-0.4, -0.2) is 16.9 Å². The molecule has 2 fully saturated rings. The second kappa shape index (κ2) is 10.0. The van der Waals surface area contributed by atoms with Crippen LogP contribution in [0.5, 0.6) is 0 Å². The third-order valence-electron chi connectivity index (χ3n) is 10.5. The minimum Gasteiger partial charge on any atom is -0.481 e. The van der Waals surface area contributed by atoms with Gasteiger partial charge >= 0.3 is 5.97 Å². The van der Waals surface area contributed by atoms with Crippen LogP contribution >= 0.6 is 0 Å². The Hall–Kier alpha value is -1.12. The number of carboxylic acid groups (broad SMARTS) is 1. The summed E-state index contributed by atoms with van der Waals surface area (Å²) in [5.41, 5.74) is 2.33. The molecule has 0 spiro atoms. The molecule has 0 aromatic heterocycles. The highest BCUT2D eigenvalue weighted by Crippen LogP contribution is 2.63. The number of hydrogen-bond acceptors (Lipinski definition) is 2. The van der Waals surface area contributed by atoms with Crippen molar-refractivity contribution in [2.75, 3.05) is 0 Å². The van der Waals surface area contributed by atoms with Gasteiger partial charge in [0.1, 0.15) is 5.78 Å². The first-order chi connectivity index (χ1) is 15.0. The fourth-order valence-corrected chi connectivity index (χ4v) is 8.02. The standard InChI is InChI=1S/C29H48O3/c1-7-9-25(19(2)10-8-11-20(3)27(31)32)28(5)17-15-26-24(21(28)4)13-12-22-18-23(30)14-16-29(22,26)6/h13,19-22,25-26H,7-12,14-18H2,1-6H3,(H,31,32). The van der Waals surface area contributed by atoms with Gasteiger partial charge in [-0.15, -0.1) is 0 Å². The number of allylic oxidation sites excluding steroid dienone is 2. The number of aliphatic carboxylic acids is 1. The first kappa shape index (κ1) is 25.5. The lowest BCUT2D eigenvalue weighted by atomic mass is 9.46. The van der Waals surface area contributed by atoms with Gasteiger partial charge < -0.3 is 5.11 Å². The molecule has 0 amide bonds. The van der Waals surface area contributed by atoms with E-state index < -0.39 is 5.97 Å². The molecule has 8 unspecified atom stereocenters. The van der Waals surface area contributed by atoms with Gasteiger partial charge in [0.2, 0.25) is 0 Å². The summed E-state index contributed by atoms with van der Waals surface area (Å²) in [6.07, 6.45) is 14.3. The Kier molecular flexibility index (Phi) is 7.98. The van der Waals surface area contributed by atoms with Crippen molar-refractivity contribution in [1.29, 1.82) is 0 Å². The number of fused-ring (bicyclic) bond motifs is 3. The maximum atomic E-state index is 12.1. The quantitative estimate of drug-likeness (QED) is 0.371. The van der Waals surface area contributed by atoms with E-state index in [-0.39, 0.29) is 5.92 Å². The normalized spacial score (nSPS) is 37.6. The van der Waals surface area contributed by atoms with Crippen LogP contribution in [-0.2, 0) is 9.59 Å². The van der Waals surface area contributed by atoms with Gasteiger partial charge in [0.05, 0.1) is 5.92 Å². The summed E-state index contributed by atoms with van der Waals surface area (Å²) < 4.78 is 0. The largest absolute Gasteiger partial charge is 0.481 e. The summed E-state index contributed by atoms with van der Waals surface area (Å²) in [6.45, 7) is 14.1. The van der Waals surface area contributed by atoms with Gasteiger partial charge in [0.15, 0.2) is 0 Å². The molecule has 2 saturated carbocycles. The number of carbonyl (C=O) groups excluding carboxylic acids is 1. The van der Waals surface area contributed by atoms with E-state index in [4.69, 9.17) is 0 Å². The molecule has 3 nitrogen and oxygen atoms in total. The zero-order chi connectivity index (χ0) is 23.7. The molecule has 0 heterocycles. The fourth-order valence-electron chi connectivity index (χ4n) is 8.02. The van der Waals surface area contributed by atoms with Crippen LogP contribution in [0.2, 0.25) is 0 Å². The summed E-state index contributed by atoms with van der Waals surface area (Å²) >= 11 is 0. The van der Waals surface area contributed by atoms with Crippen molar-refractivity contribution < 1.29 is 14.7 Å². The van der Waals surface area contributed by atoms with E-state index in [1.54, 1.807) is 5.57 Å². The molecule has 0 aromatic rings. The Balaban J connectivity index is 1.76. The zero-order valence-electron chi connectivity index (χ0n) is 21.6. The van der Waals surface area contributed by atoms with Crippen molar-refractivity contribution in [3.05, 3.63) is 11.6 Å². The Labute approximate surface area is 196 Å². The minimum absolute atomic E-state index is 0.236. The lowest BCUT2D eigenvalue weighted by Gasteiger charge is -2.58. The number of carbonyl (C=O) groups is 2. The van der Waals surface area contributed by atoms with Gasteiger partial charge in [-0.2, -0.15) is 0 Å². The molecule has 0 radical (unpaired) electrons. The highest BCUT2D eigenvalue weighted by atomic mass is 16.4. The van der Waals surface area contributed by atoms with E-state index >= 15 is 0 Å². The van der Waals surface area contributed by atoms with Crippen molar-refractivity contribution in [3.8, 4) is 0 Å². The van der Waals surface area contributed by atoms with Crippen molar-refractivity contribution >= 4 is 11.8 Å². The number of rotatable bonds is 9. The molecule has 32 heavy (non-hydrogen) atoms. The molecule has 8 atom stereocenters. The summed E-state index contributed by atoms with van der Waals surface area (Å²) in [4.78, 5) is 23.3. The summed E-state index contributed by atoms with van der Waals surface area (Å²) in [6, 6.07) is 0. The third-order valence-corrected chi connectivity index (χ3v) is 10.5. The van der Waals surface area contributed by atoms with Crippen LogP contribution in [0, 0.1) is 46.3 Å². The molecule has 0 bridgehead atoms. The van der Waals surface area contributed by atoms with Crippen molar-refractivity contribution in [3.63, 3.8) is 0 Å². The molecular weight excluding hydrogens is 396 g/mol. The smallest absolute Gasteiger partial charge is 0.306 e. The lowest BCUT2D eigenvalue weighted by Crippen LogP contribution is -2.51. The first-order valence-corrected chi connectivity index (χ1v) is 13.5. The number of carboxylic acids is 1. The number of hydrogen-bond donors (Lipinski definition) is 1. The van der Waals surface area contributed by atoms with E-state index in [9.17, 15) is 14.7 Å². The molecule has 3 rings (SSSR count). The Bertz CT molecular complexity index is 724. The van der Waals surface area contributed by atoms with Gasteiger partial charge in [-0.1, -0.05) is 72.5 Å². The first-order valence-electron chi connectivity index (χ1n) is 13.5. The van der Waals surface area contributed by atoms with Crippen LogP contribution in [0.15, 0.2) is 11.6 Å². The molecule has 3 heteroatoms. The zero-order valence-corrected chi connectivity index (χ0v) is 21.6. The van der Waals surface area contributed by atoms with Crippen LogP contribution in [0.1, 0.15) is 112 Å². The summed E-state index contributed by atoms with van der Waals surface area (Å²) in [5.74, 6) is 2.69. The average molecular weight is 445 g/mol. The van der Waals surface area contributed by atoms with E-state index in [0.717, 1.165) is 44.9 Å². The second-order valence-electron chi connectivity index (χ2n) is 12.2. The maximum Gasteiger partial charge on any atom is 0.306 e. The topological polar surface area (TPSA) is 54.4 Å². The predicted octanol–water partition coefficient (Wildman–Crippen LogP) is 7.69. The minimum atomic E-state index is -0.665. The fraction of sp³-hybridized carbons (Fsp3) is 0.862. The summed E-state index contributed by atoms with van der Waals surface area (Å²) in [7, 11) is 0. The molecule has 0 aromatic carbocycles. The van der Waals surface area contributed by atoms with Gasteiger partial charge in [-0.3, -0.25) is 9.59 Å². The van der Waals surface area contributed by atoms with Gasteiger partial charge in [-0.05, 0) is 78.9 Å². The van der Waals surface area contributed by atoms with Crippen LogP contribution in [0.3, 0.4) is 0 Å². The number of Topliss-reactive ketones (excluding diaryl/α,β-unsaturated/α-hetero) is 1. The Morgan fingerprint density at radius 3 is 2.56 bits per heavy atom. The third kappa shape index (κ3) is 4.73. The Morgan fingerprint density at radius 1 is 1.19 bits per heavy atom. The molecular formula is C29H48O3. The van der Waals surface area contributed by atoms with Crippen molar-refractivity contribution in [2.45, 2.75) is 112 Å². The average Bonchev–Trinajstić information content (AvgIpc) is 2.74. The van der Waals surface area contributed by atoms with Gasteiger partial charge in [0.25, 0.3) is 0 Å². The molecule has 0 saturated heterocycles. The highest BCUT2D eigenvalue weighted by Gasteiger charge is 2.54. The molecule has 182 valence electrons. The monoisotopic (exact) mass is 444 g/mol. The molecule has 1 N–H and O–H groups in total. The maximum absolute atomic E-state index is 12.1. The second-order valence-corrected chi connectivity index (χ2v) is 12.2. The van der Waals surface area contributed by atoms with Crippen molar-refractivity contribution in [1.82, 2.24) is 0 Å². The molecule has 0 aliphatic heterocycles. The molecule has 3 aliphatic rings. The van der Waals surface area contributed by atoms with Gasteiger partial charge in [0, 0.05) is 12.8 Å². The van der Waals surface area contributed by atoms with Crippen LogP contribution in [0.4, 0.5) is 0 Å². The Morgan fingerprint density at radius 2 is 1.91 bits per heavy atom. The van der Waals surface area contributed by atoms with E-state index in [0.29, 0.717) is 46.2 Å². The van der Waals surface area contributed by atoms with E-state index in [1.165, 1.54) is 25.7 Å². The lowest BCUT2D eigenvalue weighted by molar-refractivity contribution is -0.141.